The number of thioether (sulfide) groups is 1. The number of hydrogen-bond donors (Lipinski definition) is 0. The highest BCUT2D eigenvalue weighted by molar-refractivity contribution is 8.04. The Morgan fingerprint density at radius 3 is 2.76 bits per heavy atom. The van der Waals surface area contributed by atoms with E-state index < -0.39 is 0 Å². The van der Waals surface area contributed by atoms with Gasteiger partial charge in [-0.25, -0.2) is 0 Å². The van der Waals surface area contributed by atoms with Gasteiger partial charge in [0.2, 0.25) is 11.0 Å². The second kappa shape index (κ2) is 5.06. The molecular weight excluding hydrogens is 284 g/mol. The van der Waals surface area contributed by atoms with E-state index in [2.05, 4.69) is 33.5 Å². The van der Waals surface area contributed by atoms with Gasteiger partial charge < -0.3 is 4.42 Å². The zero-order valence-electron chi connectivity index (χ0n) is 10.9. The number of allylic oxidation sites excluding steroid dienone is 1. The Morgan fingerprint density at radius 2 is 1.95 bits per heavy atom. The highest BCUT2D eigenvalue weighted by Gasteiger charge is 2.19. The predicted octanol–water partition coefficient (Wildman–Crippen LogP) is 3.52. The Balaban J connectivity index is 1.68. The Hall–Kier alpha value is -2.60. The van der Waals surface area contributed by atoms with Crippen LogP contribution < -0.4 is 0 Å². The van der Waals surface area contributed by atoms with Crippen LogP contribution >= 0.6 is 11.8 Å². The van der Waals surface area contributed by atoms with Crippen molar-refractivity contribution in [3.8, 4) is 11.6 Å². The van der Waals surface area contributed by atoms with Crippen molar-refractivity contribution in [2.45, 2.75) is 5.16 Å². The number of aromatic nitrogens is 3. The van der Waals surface area contributed by atoms with Crippen LogP contribution in [0.25, 0.3) is 17.7 Å². The van der Waals surface area contributed by atoms with Crippen LogP contribution in [0.3, 0.4) is 0 Å². The van der Waals surface area contributed by atoms with Gasteiger partial charge in [-0.2, -0.15) is 9.78 Å². The summed E-state index contributed by atoms with van der Waals surface area (Å²) in [4.78, 5) is 1.02. The molecule has 1 aromatic carbocycles. The first kappa shape index (κ1) is 12.2. The lowest BCUT2D eigenvalue weighted by Gasteiger charge is -2.08. The van der Waals surface area contributed by atoms with Crippen LogP contribution in [-0.4, -0.2) is 21.1 Å². The smallest absolute Gasteiger partial charge is 0.221 e. The quantitative estimate of drug-likeness (QED) is 0.725. The maximum absolute atomic E-state index is 5.35. The molecule has 0 N–H and O–H groups in total. The summed E-state index contributed by atoms with van der Waals surface area (Å²) in [6.07, 6.45) is 5.48. The molecular formula is C15H10N4OS. The predicted molar refractivity (Wildman–Crippen MR) is 81.9 cm³/mol. The van der Waals surface area contributed by atoms with Gasteiger partial charge in [0.05, 0.1) is 12.5 Å². The van der Waals surface area contributed by atoms with Gasteiger partial charge in [0.25, 0.3) is 0 Å². The van der Waals surface area contributed by atoms with Gasteiger partial charge in [-0.1, -0.05) is 30.3 Å². The zero-order chi connectivity index (χ0) is 14.1. The number of nitrogens with zero attached hydrogens (tertiary/aromatic N) is 4. The molecule has 0 fully saturated rings. The molecule has 4 rings (SSSR count). The molecule has 5 nitrogen and oxygen atoms in total. The molecule has 0 saturated carbocycles. The molecule has 102 valence electrons. The molecule has 0 amide bonds. The molecule has 0 unspecified atom stereocenters. The van der Waals surface area contributed by atoms with E-state index in [1.165, 1.54) is 11.8 Å². The lowest BCUT2D eigenvalue weighted by molar-refractivity contribution is 0.571. The van der Waals surface area contributed by atoms with E-state index >= 15 is 0 Å². The van der Waals surface area contributed by atoms with Crippen molar-refractivity contribution in [1.29, 1.82) is 0 Å². The van der Waals surface area contributed by atoms with Crippen LogP contribution in [0.5, 0.6) is 0 Å². The summed E-state index contributed by atoms with van der Waals surface area (Å²) in [6.45, 7) is 0. The third kappa shape index (κ3) is 2.30. The number of hydrogen-bond acceptors (Lipinski definition) is 5. The minimum atomic E-state index is 0.609. The molecule has 3 heterocycles. The van der Waals surface area contributed by atoms with Crippen molar-refractivity contribution in [2.75, 3.05) is 0 Å². The molecule has 21 heavy (non-hydrogen) atoms. The van der Waals surface area contributed by atoms with E-state index in [4.69, 9.17) is 4.42 Å². The molecule has 3 aromatic rings. The highest BCUT2D eigenvalue weighted by atomic mass is 32.2. The summed E-state index contributed by atoms with van der Waals surface area (Å²) in [5, 5.41) is 13.4. The number of furan rings is 1. The fourth-order valence-electron chi connectivity index (χ4n) is 2.02. The zero-order valence-corrected chi connectivity index (χ0v) is 11.7. The summed E-state index contributed by atoms with van der Waals surface area (Å²) in [6, 6.07) is 13.8. The minimum absolute atomic E-state index is 0.609. The van der Waals surface area contributed by atoms with E-state index in [1.807, 2.05) is 30.3 Å². The maximum Gasteiger partial charge on any atom is 0.221 e. The summed E-state index contributed by atoms with van der Waals surface area (Å²) in [5.41, 5.74) is 1.13. The Morgan fingerprint density at radius 1 is 1.05 bits per heavy atom. The Bertz CT molecular complexity index is 819. The monoisotopic (exact) mass is 294 g/mol. The normalized spacial score (nSPS) is 15.3. The molecule has 0 spiro atoms. The largest absolute Gasteiger partial charge is 0.461 e. The molecule has 0 bridgehead atoms. The topological polar surface area (TPSA) is 56.2 Å². The Kier molecular flexibility index (Phi) is 2.93. The standard InChI is InChI=1S/C15H10N4OS/c1-2-5-11(6-3-1)9-12-10-16-19-14(13-7-4-8-20-13)17-18-15(19)21-12/h1-10H/b12-9-. The van der Waals surface area contributed by atoms with Gasteiger partial charge in [0.1, 0.15) is 0 Å². The number of rotatable bonds is 2. The average molecular weight is 294 g/mol. The first-order chi connectivity index (χ1) is 10.4. The first-order valence-electron chi connectivity index (χ1n) is 6.38. The van der Waals surface area contributed by atoms with Gasteiger partial charge in [-0.05, 0) is 35.5 Å². The maximum atomic E-state index is 5.35. The van der Waals surface area contributed by atoms with Crippen LogP contribution in [0.15, 0.2) is 68.3 Å². The molecule has 0 aliphatic carbocycles. The fourth-order valence-corrected chi connectivity index (χ4v) is 2.83. The van der Waals surface area contributed by atoms with E-state index in [-0.39, 0.29) is 0 Å². The van der Waals surface area contributed by atoms with Crippen molar-refractivity contribution in [3.05, 3.63) is 59.2 Å². The lowest BCUT2D eigenvalue weighted by atomic mass is 10.2. The lowest BCUT2D eigenvalue weighted by Crippen LogP contribution is -2.01. The van der Waals surface area contributed by atoms with Gasteiger partial charge in [0, 0.05) is 4.91 Å². The van der Waals surface area contributed by atoms with Crippen molar-refractivity contribution >= 4 is 24.1 Å². The van der Waals surface area contributed by atoms with Gasteiger partial charge in [0.15, 0.2) is 5.76 Å². The van der Waals surface area contributed by atoms with Gasteiger partial charge in [-0.15, -0.1) is 10.2 Å². The number of fused-ring (bicyclic) bond motifs is 1. The van der Waals surface area contributed by atoms with Crippen molar-refractivity contribution in [3.63, 3.8) is 0 Å². The first-order valence-corrected chi connectivity index (χ1v) is 7.20. The summed E-state index contributed by atoms with van der Waals surface area (Å²) in [5.74, 6) is 1.26. The summed E-state index contributed by atoms with van der Waals surface area (Å²) < 4.78 is 7.03. The van der Waals surface area contributed by atoms with Gasteiger partial charge >= 0.3 is 0 Å². The number of benzene rings is 1. The molecule has 0 atom stereocenters. The fraction of sp³-hybridized carbons (Fsp3) is 0. The SMILES string of the molecule is C1=Nn2c(nnc2-c2ccco2)S/C1=C\c1ccccc1. The van der Waals surface area contributed by atoms with Crippen LogP contribution in [0, 0.1) is 0 Å². The van der Waals surface area contributed by atoms with Crippen LogP contribution in [-0.2, 0) is 0 Å². The van der Waals surface area contributed by atoms with Crippen molar-refractivity contribution in [1.82, 2.24) is 14.9 Å². The second-order valence-corrected chi connectivity index (χ2v) is 5.44. The molecule has 1 aliphatic heterocycles. The van der Waals surface area contributed by atoms with Crippen molar-refractivity contribution < 1.29 is 4.42 Å². The highest BCUT2D eigenvalue weighted by Crippen LogP contribution is 2.32. The molecule has 0 saturated heterocycles. The molecule has 0 radical (unpaired) electrons. The minimum Gasteiger partial charge on any atom is -0.461 e. The molecule has 1 aliphatic rings. The third-order valence-electron chi connectivity index (χ3n) is 2.97. The van der Waals surface area contributed by atoms with E-state index in [0.717, 1.165) is 15.6 Å². The second-order valence-electron chi connectivity index (χ2n) is 4.40. The van der Waals surface area contributed by atoms with E-state index in [9.17, 15) is 0 Å². The van der Waals surface area contributed by atoms with Crippen molar-refractivity contribution in [2.24, 2.45) is 5.10 Å². The van der Waals surface area contributed by atoms with Crippen LogP contribution in [0.4, 0.5) is 0 Å². The van der Waals surface area contributed by atoms with E-state index in [1.54, 1.807) is 17.2 Å². The van der Waals surface area contributed by atoms with E-state index in [0.29, 0.717) is 11.6 Å². The molecule has 6 heteroatoms. The van der Waals surface area contributed by atoms with Gasteiger partial charge in [-0.3, -0.25) is 0 Å². The summed E-state index contributed by atoms with van der Waals surface area (Å²) in [7, 11) is 0. The van der Waals surface area contributed by atoms with Crippen LogP contribution in [0.2, 0.25) is 0 Å². The Labute approximate surface area is 125 Å². The molecule has 2 aromatic heterocycles. The average Bonchev–Trinajstić information content (AvgIpc) is 3.16. The summed E-state index contributed by atoms with van der Waals surface area (Å²) >= 11 is 1.53. The van der Waals surface area contributed by atoms with Crippen LogP contribution in [0.1, 0.15) is 5.56 Å². The third-order valence-corrected chi connectivity index (χ3v) is 3.87.